The standard InChI is InChI=1S/C18H22N2S/c1-14(2)11-19-12-15-5-6-16-7-8-20(18(16)10-15)13-17-4-3-9-21-17/h3-10,14,19H,11-13H2,1-2H3. The van der Waals surface area contributed by atoms with E-state index in [0.29, 0.717) is 5.92 Å². The fourth-order valence-corrected chi connectivity index (χ4v) is 3.26. The lowest BCUT2D eigenvalue weighted by atomic mass is 10.1. The maximum atomic E-state index is 3.52. The third-order valence-corrected chi connectivity index (χ3v) is 4.49. The zero-order valence-electron chi connectivity index (χ0n) is 12.7. The molecule has 0 spiro atoms. The highest BCUT2D eigenvalue weighted by atomic mass is 32.1. The van der Waals surface area contributed by atoms with E-state index < -0.39 is 0 Å². The summed E-state index contributed by atoms with van der Waals surface area (Å²) < 4.78 is 2.34. The van der Waals surface area contributed by atoms with Crippen LogP contribution in [0.4, 0.5) is 0 Å². The number of benzene rings is 1. The minimum absolute atomic E-state index is 0.691. The number of rotatable bonds is 6. The van der Waals surface area contributed by atoms with Crippen molar-refractivity contribution in [2.45, 2.75) is 26.9 Å². The van der Waals surface area contributed by atoms with Crippen LogP contribution in [0.2, 0.25) is 0 Å². The molecule has 0 fully saturated rings. The van der Waals surface area contributed by atoms with Crippen LogP contribution < -0.4 is 5.32 Å². The minimum atomic E-state index is 0.691. The molecular formula is C18H22N2S. The Morgan fingerprint density at radius 2 is 2.10 bits per heavy atom. The Hall–Kier alpha value is -1.58. The molecule has 1 N–H and O–H groups in total. The molecule has 0 radical (unpaired) electrons. The van der Waals surface area contributed by atoms with Crippen molar-refractivity contribution in [2.75, 3.05) is 6.54 Å². The number of nitrogens with one attached hydrogen (secondary N) is 1. The third-order valence-electron chi connectivity index (χ3n) is 3.63. The summed E-state index contributed by atoms with van der Waals surface area (Å²) in [5.41, 5.74) is 2.68. The van der Waals surface area contributed by atoms with E-state index >= 15 is 0 Å². The monoisotopic (exact) mass is 298 g/mol. The second-order valence-electron chi connectivity index (χ2n) is 5.94. The second-order valence-corrected chi connectivity index (χ2v) is 6.97. The molecule has 3 rings (SSSR count). The van der Waals surface area contributed by atoms with Gasteiger partial charge in [0.25, 0.3) is 0 Å². The number of hydrogen-bond acceptors (Lipinski definition) is 2. The molecule has 0 amide bonds. The van der Waals surface area contributed by atoms with Gasteiger partial charge in [-0.3, -0.25) is 0 Å². The van der Waals surface area contributed by atoms with Crippen molar-refractivity contribution < 1.29 is 0 Å². The minimum Gasteiger partial charge on any atom is -0.342 e. The highest BCUT2D eigenvalue weighted by Gasteiger charge is 2.04. The average molecular weight is 298 g/mol. The topological polar surface area (TPSA) is 17.0 Å². The molecule has 0 saturated heterocycles. The van der Waals surface area contributed by atoms with Crippen LogP contribution in [0.25, 0.3) is 10.9 Å². The number of hydrogen-bond donors (Lipinski definition) is 1. The van der Waals surface area contributed by atoms with Crippen LogP contribution in [-0.2, 0) is 13.1 Å². The van der Waals surface area contributed by atoms with E-state index in [1.165, 1.54) is 21.3 Å². The average Bonchev–Trinajstić information content (AvgIpc) is 3.09. The van der Waals surface area contributed by atoms with E-state index in [-0.39, 0.29) is 0 Å². The van der Waals surface area contributed by atoms with Crippen LogP contribution in [0, 0.1) is 5.92 Å². The maximum absolute atomic E-state index is 3.52. The summed E-state index contributed by atoms with van der Waals surface area (Å²) in [6, 6.07) is 13.3. The smallest absolute Gasteiger partial charge is 0.0569 e. The molecule has 2 heterocycles. The van der Waals surface area contributed by atoms with Gasteiger partial charge in [0.1, 0.15) is 0 Å². The van der Waals surface area contributed by atoms with Crippen molar-refractivity contribution >= 4 is 22.2 Å². The van der Waals surface area contributed by atoms with Gasteiger partial charge in [-0.2, -0.15) is 0 Å². The molecular weight excluding hydrogens is 276 g/mol. The predicted octanol–water partition coefficient (Wildman–Crippen LogP) is 4.50. The van der Waals surface area contributed by atoms with Crippen molar-refractivity contribution in [1.29, 1.82) is 0 Å². The summed E-state index contributed by atoms with van der Waals surface area (Å²) in [7, 11) is 0. The SMILES string of the molecule is CC(C)CNCc1ccc2ccn(Cc3cccs3)c2c1. The van der Waals surface area contributed by atoms with Gasteiger partial charge >= 0.3 is 0 Å². The number of aromatic nitrogens is 1. The van der Waals surface area contributed by atoms with Crippen LogP contribution in [0.15, 0.2) is 48.0 Å². The fourth-order valence-electron chi connectivity index (χ4n) is 2.55. The first kappa shape index (κ1) is 14.4. The fraction of sp³-hybridized carbons (Fsp3) is 0.333. The van der Waals surface area contributed by atoms with Crippen molar-refractivity contribution in [3.8, 4) is 0 Å². The van der Waals surface area contributed by atoms with Gasteiger partial charge in [-0.1, -0.05) is 32.0 Å². The molecule has 0 saturated carbocycles. The van der Waals surface area contributed by atoms with Gasteiger partial charge in [0.15, 0.2) is 0 Å². The quantitative estimate of drug-likeness (QED) is 0.709. The van der Waals surface area contributed by atoms with Gasteiger partial charge in [-0.25, -0.2) is 0 Å². The molecule has 2 nitrogen and oxygen atoms in total. The van der Waals surface area contributed by atoms with Crippen molar-refractivity contribution in [3.63, 3.8) is 0 Å². The summed E-state index contributed by atoms with van der Waals surface area (Å²) >= 11 is 1.82. The second kappa shape index (κ2) is 6.46. The van der Waals surface area contributed by atoms with Crippen molar-refractivity contribution in [2.24, 2.45) is 5.92 Å². The van der Waals surface area contributed by atoms with E-state index in [1.54, 1.807) is 0 Å². The molecule has 0 aliphatic rings. The largest absolute Gasteiger partial charge is 0.342 e. The van der Waals surface area contributed by atoms with Gasteiger partial charge in [0.05, 0.1) is 6.54 Å². The zero-order valence-corrected chi connectivity index (χ0v) is 13.5. The zero-order chi connectivity index (χ0) is 14.7. The van der Waals surface area contributed by atoms with E-state index in [4.69, 9.17) is 0 Å². The third kappa shape index (κ3) is 3.55. The Kier molecular flexibility index (Phi) is 4.42. The lowest BCUT2D eigenvalue weighted by Crippen LogP contribution is -2.18. The highest BCUT2D eigenvalue weighted by molar-refractivity contribution is 7.09. The van der Waals surface area contributed by atoms with E-state index in [9.17, 15) is 0 Å². The lowest BCUT2D eigenvalue weighted by molar-refractivity contribution is 0.552. The van der Waals surface area contributed by atoms with Crippen LogP contribution in [0.1, 0.15) is 24.3 Å². The van der Waals surface area contributed by atoms with Gasteiger partial charge in [0.2, 0.25) is 0 Å². The molecule has 3 heteroatoms. The predicted molar refractivity (Wildman–Crippen MR) is 91.9 cm³/mol. The van der Waals surface area contributed by atoms with Crippen molar-refractivity contribution in [1.82, 2.24) is 9.88 Å². The maximum Gasteiger partial charge on any atom is 0.0569 e. The molecule has 0 aliphatic carbocycles. The Morgan fingerprint density at radius 3 is 2.86 bits per heavy atom. The van der Waals surface area contributed by atoms with Crippen LogP contribution >= 0.6 is 11.3 Å². The van der Waals surface area contributed by atoms with E-state index in [2.05, 4.69) is 71.7 Å². The molecule has 1 aromatic carbocycles. The first-order valence-electron chi connectivity index (χ1n) is 7.53. The molecule has 0 unspecified atom stereocenters. The molecule has 21 heavy (non-hydrogen) atoms. The number of fused-ring (bicyclic) bond motifs is 1. The summed E-state index contributed by atoms with van der Waals surface area (Å²) in [5.74, 6) is 0.691. The molecule has 2 aromatic heterocycles. The van der Waals surface area contributed by atoms with Crippen molar-refractivity contribution in [3.05, 3.63) is 58.4 Å². The molecule has 110 valence electrons. The van der Waals surface area contributed by atoms with E-state index in [1.807, 2.05) is 11.3 Å². The Labute approximate surface area is 130 Å². The van der Waals surface area contributed by atoms with Crippen LogP contribution in [0.3, 0.4) is 0 Å². The Morgan fingerprint density at radius 1 is 1.19 bits per heavy atom. The molecule has 0 aliphatic heterocycles. The number of thiophene rings is 1. The van der Waals surface area contributed by atoms with Gasteiger partial charge in [-0.15, -0.1) is 11.3 Å². The van der Waals surface area contributed by atoms with Gasteiger partial charge in [-0.05, 0) is 47.0 Å². The Balaban J connectivity index is 1.79. The summed E-state index contributed by atoms with van der Waals surface area (Å²) in [4.78, 5) is 1.40. The molecule has 0 bridgehead atoms. The molecule has 3 aromatic rings. The highest BCUT2D eigenvalue weighted by Crippen LogP contribution is 2.20. The van der Waals surface area contributed by atoms with Crippen LogP contribution in [0.5, 0.6) is 0 Å². The van der Waals surface area contributed by atoms with Gasteiger partial charge in [0, 0.05) is 23.1 Å². The normalized spacial score (nSPS) is 11.6. The first-order chi connectivity index (χ1) is 10.2. The summed E-state index contributed by atoms with van der Waals surface area (Å²) in [6.45, 7) is 7.45. The van der Waals surface area contributed by atoms with Crippen LogP contribution in [-0.4, -0.2) is 11.1 Å². The molecule has 0 atom stereocenters. The summed E-state index contributed by atoms with van der Waals surface area (Å²) in [6.07, 6.45) is 2.19. The first-order valence-corrected chi connectivity index (χ1v) is 8.41. The van der Waals surface area contributed by atoms with E-state index in [0.717, 1.165) is 19.6 Å². The van der Waals surface area contributed by atoms with Gasteiger partial charge < -0.3 is 9.88 Å². The summed E-state index contributed by atoms with van der Waals surface area (Å²) in [5, 5.41) is 6.98. The Bertz CT molecular complexity index is 695. The lowest BCUT2D eigenvalue weighted by Gasteiger charge is -2.09. The number of nitrogens with zero attached hydrogens (tertiary/aromatic N) is 1.